The lowest BCUT2D eigenvalue weighted by Gasteiger charge is -2.12. The maximum atomic E-state index is 12.0. The molecule has 0 unspecified atom stereocenters. The molecule has 0 aromatic heterocycles. The number of sulfone groups is 1. The Morgan fingerprint density at radius 1 is 1.22 bits per heavy atom. The molecule has 0 spiro atoms. The lowest BCUT2D eigenvalue weighted by atomic mass is 10.00. The second-order valence-electron chi connectivity index (χ2n) is 4.51. The minimum atomic E-state index is -3.14. The van der Waals surface area contributed by atoms with Crippen LogP contribution < -0.4 is 11.5 Å². The molecule has 1 aromatic rings. The summed E-state index contributed by atoms with van der Waals surface area (Å²) in [6.45, 7) is 2.89. The Balaban J connectivity index is 2.92. The highest BCUT2D eigenvalue weighted by Gasteiger charge is 2.14. The molecular weight excluding hydrogens is 248 g/mol. The van der Waals surface area contributed by atoms with Crippen LogP contribution in [0, 0.1) is 5.92 Å². The van der Waals surface area contributed by atoms with Crippen molar-refractivity contribution in [2.75, 3.05) is 18.8 Å². The molecule has 0 fully saturated rings. The molecule has 0 heterocycles. The molecule has 0 aliphatic heterocycles. The van der Waals surface area contributed by atoms with E-state index in [-0.39, 0.29) is 11.7 Å². The van der Waals surface area contributed by atoms with Crippen LogP contribution in [0.2, 0.25) is 0 Å². The molecule has 4 nitrogen and oxygen atoms in total. The number of hydrogen-bond donors (Lipinski definition) is 2. The second-order valence-corrected chi connectivity index (χ2v) is 6.62. The summed E-state index contributed by atoms with van der Waals surface area (Å²) in [4.78, 5) is 0.398. The third-order valence-electron chi connectivity index (χ3n) is 2.92. The topological polar surface area (TPSA) is 86.2 Å². The third-order valence-corrected chi connectivity index (χ3v) is 4.84. The Labute approximate surface area is 109 Å². The van der Waals surface area contributed by atoms with Crippen molar-refractivity contribution in [3.63, 3.8) is 0 Å². The van der Waals surface area contributed by atoms with Gasteiger partial charge in [-0.2, -0.15) is 0 Å². The average Bonchev–Trinajstić information content (AvgIpc) is 2.36. The molecule has 0 amide bonds. The lowest BCUT2D eigenvalue weighted by molar-refractivity contribution is 0.547. The Bertz CT molecular complexity index is 468. The molecule has 0 aliphatic rings. The first-order valence-corrected chi connectivity index (χ1v) is 7.90. The van der Waals surface area contributed by atoms with E-state index in [2.05, 4.69) is 0 Å². The molecule has 0 bridgehead atoms. The van der Waals surface area contributed by atoms with E-state index >= 15 is 0 Å². The molecule has 0 saturated carbocycles. The molecule has 0 radical (unpaired) electrons. The highest BCUT2D eigenvalue weighted by atomic mass is 32.2. The van der Waals surface area contributed by atoms with E-state index < -0.39 is 9.84 Å². The van der Waals surface area contributed by atoms with Crippen LogP contribution in [0.1, 0.15) is 18.9 Å². The van der Waals surface area contributed by atoms with Gasteiger partial charge in [-0.05, 0) is 49.5 Å². The molecular formula is C13H22N2O2S. The average molecular weight is 270 g/mol. The van der Waals surface area contributed by atoms with E-state index in [9.17, 15) is 8.42 Å². The van der Waals surface area contributed by atoms with Gasteiger partial charge in [0.25, 0.3) is 0 Å². The molecule has 0 atom stereocenters. The first-order chi connectivity index (χ1) is 8.53. The van der Waals surface area contributed by atoms with Gasteiger partial charge >= 0.3 is 0 Å². The van der Waals surface area contributed by atoms with Crippen LogP contribution in [0.4, 0.5) is 0 Å². The first-order valence-electron chi connectivity index (χ1n) is 6.25. The summed E-state index contributed by atoms with van der Waals surface area (Å²) in [6.07, 6.45) is 1.35. The van der Waals surface area contributed by atoms with Gasteiger partial charge < -0.3 is 11.5 Å². The normalized spacial score (nSPS) is 12.0. The zero-order chi connectivity index (χ0) is 13.6. The summed E-state index contributed by atoms with van der Waals surface area (Å²) in [5.74, 6) is 0.391. The third kappa shape index (κ3) is 4.08. The first kappa shape index (κ1) is 15.1. The maximum Gasteiger partial charge on any atom is 0.178 e. The van der Waals surface area contributed by atoms with Crippen LogP contribution in [-0.2, 0) is 16.3 Å². The summed E-state index contributed by atoms with van der Waals surface area (Å²) in [6, 6.07) is 7.09. The zero-order valence-corrected chi connectivity index (χ0v) is 11.6. The van der Waals surface area contributed by atoms with Gasteiger partial charge in [-0.15, -0.1) is 0 Å². The number of nitrogens with two attached hydrogens (primary N) is 2. The number of hydrogen-bond acceptors (Lipinski definition) is 4. The molecule has 4 N–H and O–H groups in total. The van der Waals surface area contributed by atoms with Crippen molar-refractivity contribution >= 4 is 9.84 Å². The second kappa shape index (κ2) is 6.87. The number of benzene rings is 1. The van der Waals surface area contributed by atoms with Crippen LogP contribution in [0.5, 0.6) is 0 Å². The number of rotatable bonds is 7. The van der Waals surface area contributed by atoms with E-state index in [0.717, 1.165) is 12.0 Å². The molecule has 18 heavy (non-hydrogen) atoms. The monoisotopic (exact) mass is 270 g/mol. The fourth-order valence-corrected chi connectivity index (χ4v) is 3.24. The minimum absolute atomic E-state index is 0.188. The quantitative estimate of drug-likeness (QED) is 0.772. The summed E-state index contributed by atoms with van der Waals surface area (Å²) in [5, 5.41) is 0. The fourth-order valence-electron chi connectivity index (χ4n) is 1.85. The molecule has 1 aromatic carbocycles. The summed E-state index contributed by atoms with van der Waals surface area (Å²) in [7, 11) is -3.14. The van der Waals surface area contributed by atoms with Gasteiger partial charge in [0.1, 0.15) is 0 Å². The van der Waals surface area contributed by atoms with Crippen LogP contribution in [-0.4, -0.2) is 27.3 Å². The molecule has 0 aliphatic carbocycles. The standard InChI is InChI=1S/C13H22N2O2S/c1-2-6-18(16,17)13-5-3-4-11(8-13)7-12(9-14)10-15/h3-5,8,12H,2,6-7,9-10,14-15H2,1H3. The molecule has 0 saturated heterocycles. The van der Waals surface area contributed by atoms with Gasteiger partial charge in [0, 0.05) is 0 Å². The SMILES string of the molecule is CCCS(=O)(=O)c1cccc(CC(CN)CN)c1. The Kier molecular flexibility index (Phi) is 5.78. The highest BCUT2D eigenvalue weighted by Crippen LogP contribution is 2.16. The summed E-state index contributed by atoms with van der Waals surface area (Å²) >= 11 is 0. The van der Waals surface area contributed by atoms with Crippen molar-refractivity contribution in [3.05, 3.63) is 29.8 Å². The molecule has 5 heteroatoms. The van der Waals surface area contributed by atoms with Crippen LogP contribution in [0.25, 0.3) is 0 Å². The lowest BCUT2D eigenvalue weighted by Crippen LogP contribution is -2.25. The van der Waals surface area contributed by atoms with Crippen molar-refractivity contribution in [2.24, 2.45) is 17.4 Å². The van der Waals surface area contributed by atoms with Gasteiger partial charge in [-0.1, -0.05) is 19.1 Å². The van der Waals surface area contributed by atoms with Gasteiger partial charge in [-0.25, -0.2) is 8.42 Å². The summed E-state index contributed by atoms with van der Waals surface area (Å²) in [5.41, 5.74) is 12.2. The van der Waals surface area contributed by atoms with Crippen LogP contribution in [0.15, 0.2) is 29.2 Å². The van der Waals surface area contributed by atoms with E-state index in [1.165, 1.54) is 0 Å². The maximum absolute atomic E-state index is 12.0. The predicted octanol–water partition coefficient (Wildman–Crippen LogP) is 0.946. The Hall–Kier alpha value is -0.910. The van der Waals surface area contributed by atoms with E-state index in [1.807, 2.05) is 13.0 Å². The Morgan fingerprint density at radius 2 is 1.89 bits per heavy atom. The van der Waals surface area contributed by atoms with Gasteiger partial charge in [0.2, 0.25) is 0 Å². The van der Waals surface area contributed by atoms with Crippen LogP contribution in [0.3, 0.4) is 0 Å². The van der Waals surface area contributed by atoms with Crippen molar-refractivity contribution in [3.8, 4) is 0 Å². The minimum Gasteiger partial charge on any atom is -0.330 e. The summed E-state index contributed by atoms with van der Waals surface area (Å²) < 4.78 is 23.9. The highest BCUT2D eigenvalue weighted by molar-refractivity contribution is 7.91. The van der Waals surface area contributed by atoms with Crippen molar-refractivity contribution in [1.82, 2.24) is 0 Å². The van der Waals surface area contributed by atoms with Gasteiger partial charge in [0.05, 0.1) is 10.6 Å². The molecule has 1 rings (SSSR count). The van der Waals surface area contributed by atoms with Crippen molar-refractivity contribution < 1.29 is 8.42 Å². The largest absolute Gasteiger partial charge is 0.330 e. The van der Waals surface area contributed by atoms with Gasteiger partial charge in [0.15, 0.2) is 9.84 Å². The predicted molar refractivity (Wildman–Crippen MR) is 74.1 cm³/mol. The van der Waals surface area contributed by atoms with Crippen molar-refractivity contribution in [1.29, 1.82) is 0 Å². The fraction of sp³-hybridized carbons (Fsp3) is 0.538. The smallest absolute Gasteiger partial charge is 0.178 e. The zero-order valence-electron chi connectivity index (χ0n) is 10.8. The van der Waals surface area contributed by atoms with E-state index in [1.54, 1.807) is 18.2 Å². The van der Waals surface area contributed by atoms with E-state index in [4.69, 9.17) is 11.5 Å². The van der Waals surface area contributed by atoms with Crippen molar-refractivity contribution in [2.45, 2.75) is 24.7 Å². The van der Waals surface area contributed by atoms with Gasteiger partial charge in [-0.3, -0.25) is 0 Å². The molecule has 102 valence electrons. The Morgan fingerprint density at radius 3 is 2.44 bits per heavy atom. The van der Waals surface area contributed by atoms with Crippen LogP contribution >= 0.6 is 0 Å². The van der Waals surface area contributed by atoms with E-state index in [0.29, 0.717) is 24.4 Å².